The van der Waals surface area contributed by atoms with E-state index in [4.69, 9.17) is 4.74 Å². The zero-order valence-corrected chi connectivity index (χ0v) is 14.1. The molecule has 4 aromatic rings. The number of rotatable bonds is 5. The number of methoxy groups -OCH3 is 1. The molecule has 0 N–H and O–H groups in total. The minimum atomic E-state index is 0.892. The number of benzene rings is 2. The van der Waals surface area contributed by atoms with Crippen molar-refractivity contribution in [1.29, 1.82) is 0 Å². The van der Waals surface area contributed by atoms with E-state index in [-0.39, 0.29) is 0 Å². The number of pyridine rings is 1. The third-order valence-electron chi connectivity index (χ3n) is 4.47. The van der Waals surface area contributed by atoms with Gasteiger partial charge in [-0.25, -0.2) is 0 Å². The quantitative estimate of drug-likeness (QED) is 0.551. The van der Waals surface area contributed by atoms with E-state index in [1.54, 1.807) is 13.4 Å². The number of hydrogen-bond acceptors (Lipinski definition) is 3. The van der Waals surface area contributed by atoms with Gasteiger partial charge >= 0.3 is 0 Å². The lowest BCUT2D eigenvalue weighted by Crippen LogP contribution is -2.01. The fourth-order valence-corrected chi connectivity index (χ4v) is 3.18. The van der Waals surface area contributed by atoms with Crippen molar-refractivity contribution in [3.63, 3.8) is 0 Å². The number of fused-ring (bicyclic) bond motifs is 1. The second kappa shape index (κ2) is 6.77. The summed E-state index contributed by atoms with van der Waals surface area (Å²) in [6, 6.07) is 22.7. The minimum absolute atomic E-state index is 0.892. The van der Waals surface area contributed by atoms with Gasteiger partial charge < -0.3 is 4.74 Å². The zero-order chi connectivity index (χ0) is 17.1. The van der Waals surface area contributed by atoms with Gasteiger partial charge in [-0.15, -0.1) is 10.2 Å². The third kappa shape index (κ3) is 2.98. The number of para-hydroxylation sites is 1. The largest absolute Gasteiger partial charge is 0.496 e. The molecule has 0 unspecified atom stereocenters. The Bertz CT molecular complexity index is 992. The summed E-state index contributed by atoms with van der Waals surface area (Å²) in [5.41, 5.74) is 5.53. The Morgan fingerprint density at radius 1 is 0.880 bits per heavy atom. The molecule has 4 heteroatoms. The molecule has 0 atom stereocenters. The van der Waals surface area contributed by atoms with Gasteiger partial charge in [-0.3, -0.25) is 4.40 Å². The van der Waals surface area contributed by atoms with E-state index in [0.29, 0.717) is 0 Å². The molecule has 0 aliphatic rings. The second-order valence-electron chi connectivity index (χ2n) is 5.94. The lowest BCUT2D eigenvalue weighted by atomic mass is 10.0. The van der Waals surface area contributed by atoms with Crippen LogP contribution in [0.3, 0.4) is 0 Å². The van der Waals surface area contributed by atoms with Gasteiger partial charge in [0.15, 0.2) is 5.65 Å². The van der Waals surface area contributed by atoms with Gasteiger partial charge in [-0.1, -0.05) is 48.5 Å². The first-order valence-corrected chi connectivity index (χ1v) is 8.36. The summed E-state index contributed by atoms with van der Waals surface area (Å²) in [5.74, 6) is 0.934. The van der Waals surface area contributed by atoms with Crippen molar-refractivity contribution in [2.24, 2.45) is 0 Å². The molecule has 2 aromatic heterocycles. The Balaban J connectivity index is 1.67. The summed E-state index contributed by atoms with van der Waals surface area (Å²) < 4.78 is 7.53. The van der Waals surface area contributed by atoms with Crippen LogP contribution in [0.5, 0.6) is 5.75 Å². The van der Waals surface area contributed by atoms with Crippen LogP contribution in [0, 0.1) is 0 Å². The van der Waals surface area contributed by atoms with E-state index >= 15 is 0 Å². The zero-order valence-electron chi connectivity index (χ0n) is 14.1. The summed E-state index contributed by atoms with van der Waals surface area (Å²) in [6.45, 7) is 0. The van der Waals surface area contributed by atoms with Crippen LogP contribution in [-0.2, 0) is 12.8 Å². The summed E-state index contributed by atoms with van der Waals surface area (Å²) in [4.78, 5) is 0. The monoisotopic (exact) mass is 329 g/mol. The molecule has 0 saturated carbocycles. The average Bonchev–Trinajstić information content (AvgIpc) is 3.17. The predicted octanol–water partition coefficient (Wildman–Crippen LogP) is 4.19. The summed E-state index contributed by atoms with van der Waals surface area (Å²) in [7, 11) is 1.71. The SMILES string of the molecule is COc1ccccc1CCc1ccc(-c2ccccc2)c2nncn12. The number of aryl methyl sites for hydroxylation is 2. The molecule has 4 rings (SSSR count). The maximum atomic E-state index is 5.45. The average molecular weight is 329 g/mol. The predicted molar refractivity (Wildman–Crippen MR) is 98.8 cm³/mol. The van der Waals surface area contributed by atoms with Crippen molar-refractivity contribution in [2.45, 2.75) is 12.8 Å². The molecule has 0 aliphatic carbocycles. The van der Waals surface area contributed by atoms with E-state index in [0.717, 1.165) is 35.4 Å². The summed E-state index contributed by atoms with van der Waals surface area (Å²) in [5, 5.41) is 8.46. The topological polar surface area (TPSA) is 39.4 Å². The molecule has 0 fully saturated rings. The van der Waals surface area contributed by atoms with Crippen LogP contribution in [0.1, 0.15) is 11.3 Å². The first-order valence-electron chi connectivity index (χ1n) is 8.36. The van der Waals surface area contributed by atoms with Crippen molar-refractivity contribution in [3.05, 3.63) is 84.3 Å². The molecule has 0 saturated heterocycles. The third-order valence-corrected chi connectivity index (χ3v) is 4.47. The van der Waals surface area contributed by atoms with Gasteiger partial charge in [-0.2, -0.15) is 0 Å². The Morgan fingerprint density at radius 2 is 1.68 bits per heavy atom. The lowest BCUT2D eigenvalue weighted by Gasteiger charge is -2.11. The molecule has 0 radical (unpaired) electrons. The number of hydrogen-bond donors (Lipinski definition) is 0. The van der Waals surface area contributed by atoms with E-state index < -0.39 is 0 Å². The first-order chi connectivity index (χ1) is 12.4. The van der Waals surface area contributed by atoms with E-state index in [1.807, 2.05) is 36.4 Å². The maximum Gasteiger partial charge on any atom is 0.168 e. The van der Waals surface area contributed by atoms with E-state index in [2.05, 4.69) is 44.9 Å². The summed E-state index contributed by atoms with van der Waals surface area (Å²) >= 11 is 0. The van der Waals surface area contributed by atoms with Crippen LogP contribution < -0.4 is 4.74 Å². The van der Waals surface area contributed by atoms with E-state index in [9.17, 15) is 0 Å². The van der Waals surface area contributed by atoms with Crippen LogP contribution in [0.25, 0.3) is 16.8 Å². The van der Waals surface area contributed by atoms with Gasteiger partial charge in [-0.05, 0) is 42.2 Å². The molecule has 0 bridgehead atoms. The fraction of sp³-hybridized carbons (Fsp3) is 0.143. The highest BCUT2D eigenvalue weighted by Gasteiger charge is 2.10. The van der Waals surface area contributed by atoms with E-state index in [1.165, 1.54) is 11.3 Å². The van der Waals surface area contributed by atoms with Crippen molar-refractivity contribution in [1.82, 2.24) is 14.6 Å². The molecule has 4 nitrogen and oxygen atoms in total. The second-order valence-corrected chi connectivity index (χ2v) is 5.94. The molecule has 124 valence electrons. The van der Waals surface area contributed by atoms with Gasteiger partial charge in [0.05, 0.1) is 7.11 Å². The van der Waals surface area contributed by atoms with Crippen molar-refractivity contribution in [2.75, 3.05) is 7.11 Å². The van der Waals surface area contributed by atoms with Crippen LogP contribution in [0.15, 0.2) is 73.1 Å². The molecule has 25 heavy (non-hydrogen) atoms. The highest BCUT2D eigenvalue weighted by Crippen LogP contribution is 2.25. The minimum Gasteiger partial charge on any atom is -0.496 e. The summed E-state index contributed by atoms with van der Waals surface area (Å²) in [6.07, 6.45) is 3.59. The molecular weight excluding hydrogens is 310 g/mol. The van der Waals surface area contributed by atoms with Gasteiger partial charge in [0.1, 0.15) is 12.1 Å². The smallest absolute Gasteiger partial charge is 0.168 e. The Hall–Kier alpha value is -3.14. The van der Waals surface area contributed by atoms with Crippen LogP contribution in [-0.4, -0.2) is 21.7 Å². The van der Waals surface area contributed by atoms with Crippen LogP contribution in [0.4, 0.5) is 0 Å². The Kier molecular flexibility index (Phi) is 4.17. The van der Waals surface area contributed by atoms with Gasteiger partial charge in [0.2, 0.25) is 0 Å². The maximum absolute atomic E-state index is 5.45. The first kappa shape index (κ1) is 15.4. The lowest BCUT2D eigenvalue weighted by molar-refractivity contribution is 0.409. The highest BCUT2D eigenvalue weighted by molar-refractivity contribution is 5.77. The fourth-order valence-electron chi connectivity index (χ4n) is 3.18. The van der Waals surface area contributed by atoms with Crippen LogP contribution >= 0.6 is 0 Å². The van der Waals surface area contributed by atoms with Gasteiger partial charge in [0.25, 0.3) is 0 Å². The number of nitrogens with zero attached hydrogens (tertiary/aromatic N) is 3. The molecule has 0 spiro atoms. The van der Waals surface area contributed by atoms with Crippen molar-refractivity contribution < 1.29 is 4.74 Å². The molecule has 0 amide bonds. The van der Waals surface area contributed by atoms with Gasteiger partial charge in [0, 0.05) is 11.3 Å². The number of aromatic nitrogens is 3. The Morgan fingerprint density at radius 3 is 2.52 bits per heavy atom. The molecule has 2 aromatic carbocycles. The van der Waals surface area contributed by atoms with Crippen molar-refractivity contribution in [3.8, 4) is 16.9 Å². The molecular formula is C21H19N3O. The number of ether oxygens (including phenoxy) is 1. The Labute approximate surface area is 146 Å². The van der Waals surface area contributed by atoms with Crippen molar-refractivity contribution >= 4 is 5.65 Å². The standard InChI is InChI=1S/C21H19N3O/c1-25-20-10-6-5-9-17(20)11-12-18-13-14-19(16-7-3-2-4-8-16)21-23-22-15-24(18)21/h2-10,13-15H,11-12H2,1H3. The van der Waals surface area contributed by atoms with Crippen LogP contribution in [0.2, 0.25) is 0 Å². The molecule has 2 heterocycles. The highest BCUT2D eigenvalue weighted by atomic mass is 16.5. The normalized spacial score (nSPS) is 10.9. The molecule has 0 aliphatic heterocycles.